The van der Waals surface area contributed by atoms with Crippen LogP contribution in [-0.4, -0.2) is 44.9 Å². The second-order valence-corrected chi connectivity index (χ2v) is 13.1. The summed E-state index contributed by atoms with van der Waals surface area (Å²) in [4.78, 5) is 31.0. The Labute approximate surface area is 237 Å². The Balaban J connectivity index is 1.55. The highest BCUT2D eigenvalue weighted by molar-refractivity contribution is 7.92. The van der Waals surface area contributed by atoms with Crippen LogP contribution in [0.5, 0.6) is 0 Å². The van der Waals surface area contributed by atoms with E-state index in [1.54, 1.807) is 37.3 Å². The summed E-state index contributed by atoms with van der Waals surface area (Å²) in [5.41, 5.74) is 2.42. The zero-order valence-electron chi connectivity index (χ0n) is 23.0. The van der Waals surface area contributed by atoms with Crippen LogP contribution in [0.4, 0.5) is 10.2 Å². The first-order chi connectivity index (χ1) is 19.5. The second kappa shape index (κ2) is 9.80. The predicted octanol–water partition coefficient (Wildman–Crippen LogP) is 5.82. The van der Waals surface area contributed by atoms with Crippen molar-refractivity contribution < 1.29 is 26.8 Å². The van der Waals surface area contributed by atoms with E-state index in [1.165, 1.54) is 31.3 Å². The van der Waals surface area contributed by atoms with Crippen molar-refractivity contribution in [2.24, 2.45) is 11.3 Å². The summed E-state index contributed by atoms with van der Waals surface area (Å²) in [5.74, 6) is 0.249. The zero-order valence-corrected chi connectivity index (χ0v) is 23.8. The van der Waals surface area contributed by atoms with Crippen LogP contribution in [-0.2, 0) is 10.0 Å². The third-order valence-corrected chi connectivity index (χ3v) is 9.57. The quantitative estimate of drug-likeness (QED) is 0.252. The Morgan fingerprint density at radius 3 is 2.39 bits per heavy atom. The fourth-order valence-corrected chi connectivity index (χ4v) is 7.21. The minimum atomic E-state index is -3.75. The number of sulfonamides is 1. The van der Waals surface area contributed by atoms with Gasteiger partial charge in [-0.05, 0) is 79.5 Å². The molecular weight excluding hydrogens is 545 g/mol. The van der Waals surface area contributed by atoms with Gasteiger partial charge in [0.15, 0.2) is 11.6 Å². The number of rotatable bonds is 9. The van der Waals surface area contributed by atoms with Crippen LogP contribution in [0.1, 0.15) is 53.3 Å². The van der Waals surface area contributed by atoms with Crippen LogP contribution in [0.25, 0.3) is 33.6 Å². The van der Waals surface area contributed by atoms with Crippen molar-refractivity contribution in [2.45, 2.75) is 32.6 Å². The monoisotopic (exact) mass is 575 g/mol. The number of nitrogens with zero attached hydrogens (tertiary/aromatic N) is 2. The number of Topliss-reactive ketones (excluding diaryl/α,β-unsaturated/α-hetero) is 1. The fourth-order valence-electron chi connectivity index (χ4n) is 6.29. The van der Waals surface area contributed by atoms with E-state index >= 15 is 0 Å². The number of ketones is 1. The standard InChI is InChI=1S/C31H30FN3O5S/c1-4-35(41(3,38)39)28-23(20-6-5-7-21(12-20)25(36)17-31-14-18(15-31)16-31)13-24-26(29(37)33-2)27(40-30(24)34-28)19-8-10-22(32)11-9-19/h5-13,18H,4,14-17H2,1-3H3,(H,33,37). The van der Waals surface area contributed by atoms with Crippen molar-refractivity contribution in [2.75, 3.05) is 24.2 Å². The molecule has 0 saturated heterocycles. The lowest BCUT2D eigenvalue weighted by Gasteiger charge is -2.62. The van der Waals surface area contributed by atoms with Gasteiger partial charge < -0.3 is 9.73 Å². The smallest absolute Gasteiger partial charge is 0.255 e. The number of benzene rings is 2. The van der Waals surface area contributed by atoms with Crippen molar-refractivity contribution in [3.8, 4) is 22.5 Å². The molecule has 2 heterocycles. The number of aromatic nitrogens is 1. The SMILES string of the molecule is CCN(c1nc2oc(-c3ccc(F)cc3)c(C(=O)NC)c2cc1-c1cccc(C(=O)CC23CC(C2)C3)c1)S(C)(=O)=O. The molecule has 1 N–H and O–H groups in total. The molecule has 41 heavy (non-hydrogen) atoms. The molecule has 212 valence electrons. The summed E-state index contributed by atoms with van der Waals surface area (Å²) in [6, 6.07) is 14.3. The number of furan rings is 1. The van der Waals surface area contributed by atoms with Crippen LogP contribution in [0.3, 0.4) is 0 Å². The summed E-state index contributed by atoms with van der Waals surface area (Å²) >= 11 is 0. The van der Waals surface area contributed by atoms with Crippen molar-refractivity contribution in [1.82, 2.24) is 10.3 Å². The van der Waals surface area contributed by atoms with Crippen molar-refractivity contribution in [1.29, 1.82) is 0 Å². The average Bonchev–Trinajstić information content (AvgIpc) is 3.27. The fraction of sp³-hybridized carbons (Fsp3) is 0.323. The highest BCUT2D eigenvalue weighted by Crippen LogP contribution is 2.66. The highest BCUT2D eigenvalue weighted by Gasteiger charge is 2.56. The molecule has 0 aliphatic heterocycles. The lowest BCUT2D eigenvalue weighted by molar-refractivity contribution is -0.103. The number of pyridine rings is 1. The molecule has 3 fully saturated rings. The maximum atomic E-state index is 13.7. The molecule has 3 aliphatic rings. The molecule has 0 radical (unpaired) electrons. The Kier molecular flexibility index (Phi) is 6.48. The van der Waals surface area contributed by atoms with Gasteiger partial charge >= 0.3 is 0 Å². The first-order valence-electron chi connectivity index (χ1n) is 13.6. The molecule has 2 aromatic heterocycles. The summed E-state index contributed by atoms with van der Waals surface area (Å²) in [5, 5.41) is 2.98. The number of carbonyl (C=O) groups excluding carboxylic acids is 2. The molecule has 3 aliphatic carbocycles. The summed E-state index contributed by atoms with van der Waals surface area (Å²) in [7, 11) is -2.26. The molecule has 1 amide bonds. The molecular formula is C31H30FN3O5S. The number of anilines is 1. The number of carbonyl (C=O) groups is 2. The molecule has 0 atom stereocenters. The Morgan fingerprint density at radius 2 is 1.80 bits per heavy atom. The third kappa shape index (κ3) is 4.69. The molecule has 2 aromatic carbocycles. The summed E-state index contributed by atoms with van der Waals surface area (Å²) in [6.07, 6.45) is 4.94. The van der Waals surface area contributed by atoms with Crippen LogP contribution in [0.15, 0.2) is 59.0 Å². The zero-order chi connectivity index (χ0) is 29.1. The molecule has 8 nitrogen and oxygen atoms in total. The van der Waals surface area contributed by atoms with Gasteiger partial charge in [-0.25, -0.2) is 12.8 Å². The van der Waals surface area contributed by atoms with Crippen LogP contribution in [0, 0.1) is 17.2 Å². The lowest BCUT2D eigenvalue weighted by Crippen LogP contribution is -2.52. The Hall–Kier alpha value is -4.05. The highest BCUT2D eigenvalue weighted by atomic mass is 32.2. The van der Waals surface area contributed by atoms with E-state index in [9.17, 15) is 22.4 Å². The first-order valence-corrected chi connectivity index (χ1v) is 15.4. The maximum Gasteiger partial charge on any atom is 0.255 e. The Bertz CT molecular complexity index is 1800. The van der Waals surface area contributed by atoms with Gasteiger partial charge in [-0.2, -0.15) is 4.98 Å². The Morgan fingerprint density at radius 1 is 1.10 bits per heavy atom. The van der Waals surface area contributed by atoms with Gasteiger partial charge in [0.25, 0.3) is 5.91 Å². The van der Waals surface area contributed by atoms with E-state index in [4.69, 9.17) is 4.42 Å². The van der Waals surface area contributed by atoms with E-state index in [1.807, 2.05) is 0 Å². The van der Waals surface area contributed by atoms with Gasteiger partial charge in [0.2, 0.25) is 15.7 Å². The molecule has 7 rings (SSSR count). The first kappa shape index (κ1) is 27.1. The van der Waals surface area contributed by atoms with E-state index in [0.29, 0.717) is 34.1 Å². The van der Waals surface area contributed by atoms with Crippen LogP contribution in [0.2, 0.25) is 0 Å². The third-order valence-electron chi connectivity index (χ3n) is 8.34. The molecule has 2 bridgehead atoms. The number of amides is 1. The average molecular weight is 576 g/mol. The minimum absolute atomic E-state index is 0.0552. The van der Waals surface area contributed by atoms with E-state index in [2.05, 4.69) is 10.3 Å². The molecule has 3 saturated carbocycles. The summed E-state index contributed by atoms with van der Waals surface area (Å²) in [6.45, 7) is 1.79. The van der Waals surface area contributed by atoms with Gasteiger partial charge in [0.05, 0.1) is 17.2 Å². The van der Waals surface area contributed by atoms with Crippen LogP contribution >= 0.6 is 0 Å². The largest absolute Gasteiger partial charge is 0.437 e. The molecule has 10 heteroatoms. The number of fused-ring (bicyclic) bond motifs is 1. The van der Waals surface area contributed by atoms with E-state index < -0.39 is 21.7 Å². The van der Waals surface area contributed by atoms with Gasteiger partial charge in [-0.3, -0.25) is 13.9 Å². The normalized spacial score (nSPS) is 19.4. The molecule has 0 unspecified atom stereocenters. The maximum absolute atomic E-state index is 13.7. The molecule has 4 aromatic rings. The topological polar surface area (TPSA) is 110 Å². The van der Waals surface area contributed by atoms with Crippen molar-refractivity contribution >= 4 is 38.6 Å². The second-order valence-electron chi connectivity index (χ2n) is 11.2. The number of hydrogen-bond donors (Lipinski definition) is 1. The number of hydrogen-bond acceptors (Lipinski definition) is 6. The van der Waals surface area contributed by atoms with E-state index in [-0.39, 0.29) is 40.6 Å². The number of nitrogens with one attached hydrogen (secondary N) is 1. The van der Waals surface area contributed by atoms with Gasteiger partial charge in [0, 0.05) is 36.7 Å². The van der Waals surface area contributed by atoms with Crippen molar-refractivity contribution in [3.63, 3.8) is 0 Å². The molecule has 0 spiro atoms. The van der Waals surface area contributed by atoms with Gasteiger partial charge in [-0.1, -0.05) is 18.2 Å². The minimum Gasteiger partial charge on any atom is -0.437 e. The van der Waals surface area contributed by atoms with Crippen molar-refractivity contribution in [3.05, 3.63) is 71.5 Å². The van der Waals surface area contributed by atoms with E-state index in [0.717, 1.165) is 35.7 Å². The number of halogens is 1. The van der Waals surface area contributed by atoms with Gasteiger partial charge in [-0.15, -0.1) is 0 Å². The van der Waals surface area contributed by atoms with Crippen LogP contribution < -0.4 is 9.62 Å². The lowest BCUT2D eigenvalue weighted by atomic mass is 9.43. The predicted molar refractivity (Wildman–Crippen MR) is 155 cm³/mol. The van der Waals surface area contributed by atoms with Gasteiger partial charge in [0.1, 0.15) is 11.6 Å². The summed E-state index contributed by atoms with van der Waals surface area (Å²) < 4.78 is 46.6.